The second-order valence-corrected chi connectivity index (χ2v) is 8.59. The Hall–Kier alpha value is -4.37. The van der Waals surface area contributed by atoms with Gasteiger partial charge in [-0.05, 0) is 82.8 Å². The van der Waals surface area contributed by atoms with Crippen LogP contribution >= 0.6 is 22.6 Å². The standard InChI is InChI=1S/C27H22IN3O6/c1-35-23-14-17(13-22(28)25(23)37-16-24(32)30-20-6-4-3-5-7-20)12-19(15-29)26(33)31-21-10-8-18(9-11-21)27(34)36-2/h3-14H,16H2,1-2H3,(H,30,32)(H,31,33)/b19-12+. The Morgan fingerprint density at radius 2 is 1.65 bits per heavy atom. The highest BCUT2D eigenvalue weighted by molar-refractivity contribution is 14.1. The number of carbonyl (C=O) groups is 3. The summed E-state index contributed by atoms with van der Waals surface area (Å²) in [5.41, 5.74) is 1.77. The highest BCUT2D eigenvalue weighted by Gasteiger charge is 2.16. The van der Waals surface area contributed by atoms with Crippen LogP contribution in [0.5, 0.6) is 11.5 Å². The van der Waals surface area contributed by atoms with Crippen molar-refractivity contribution in [1.82, 2.24) is 0 Å². The highest BCUT2D eigenvalue weighted by atomic mass is 127. The van der Waals surface area contributed by atoms with Crippen molar-refractivity contribution in [3.63, 3.8) is 0 Å². The number of nitrogens with one attached hydrogen (secondary N) is 2. The molecule has 0 radical (unpaired) electrons. The topological polar surface area (TPSA) is 127 Å². The molecular weight excluding hydrogens is 589 g/mol. The van der Waals surface area contributed by atoms with Crippen molar-refractivity contribution in [2.24, 2.45) is 0 Å². The normalized spacial score (nSPS) is 10.6. The third kappa shape index (κ3) is 7.55. The number of hydrogen-bond donors (Lipinski definition) is 2. The summed E-state index contributed by atoms with van der Waals surface area (Å²) in [7, 11) is 2.73. The zero-order valence-corrected chi connectivity index (χ0v) is 22.1. The quantitative estimate of drug-likeness (QED) is 0.156. The lowest BCUT2D eigenvalue weighted by atomic mass is 10.1. The van der Waals surface area contributed by atoms with Gasteiger partial charge in [-0.25, -0.2) is 4.79 Å². The fourth-order valence-corrected chi connectivity index (χ4v) is 3.92. The van der Waals surface area contributed by atoms with Gasteiger partial charge in [0.1, 0.15) is 11.6 Å². The molecule has 0 aliphatic carbocycles. The first-order chi connectivity index (χ1) is 17.8. The number of benzene rings is 3. The first kappa shape index (κ1) is 27.2. The molecule has 0 saturated heterocycles. The van der Waals surface area contributed by atoms with Crippen LogP contribution in [0.1, 0.15) is 15.9 Å². The van der Waals surface area contributed by atoms with Crippen LogP contribution in [0.25, 0.3) is 6.08 Å². The van der Waals surface area contributed by atoms with Crippen molar-refractivity contribution < 1.29 is 28.6 Å². The number of halogens is 1. The maximum Gasteiger partial charge on any atom is 0.337 e. The van der Waals surface area contributed by atoms with E-state index in [-0.39, 0.29) is 18.1 Å². The molecule has 0 aliphatic heterocycles. The van der Waals surface area contributed by atoms with Gasteiger partial charge in [0.2, 0.25) is 0 Å². The summed E-state index contributed by atoms with van der Waals surface area (Å²) in [5, 5.41) is 14.9. The lowest BCUT2D eigenvalue weighted by Crippen LogP contribution is -2.20. The molecule has 2 amide bonds. The van der Waals surface area contributed by atoms with Gasteiger partial charge in [-0.15, -0.1) is 0 Å². The van der Waals surface area contributed by atoms with E-state index < -0.39 is 11.9 Å². The van der Waals surface area contributed by atoms with Crippen molar-refractivity contribution in [2.75, 3.05) is 31.5 Å². The number of esters is 1. The predicted molar refractivity (Wildman–Crippen MR) is 146 cm³/mol. The number of ether oxygens (including phenoxy) is 3. The fraction of sp³-hybridized carbons (Fsp3) is 0.111. The molecule has 10 heteroatoms. The summed E-state index contributed by atoms with van der Waals surface area (Å²) >= 11 is 2.02. The van der Waals surface area contributed by atoms with Crippen LogP contribution in [0, 0.1) is 14.9 Å². The van der Waals surface area contributed by atoms with Gasteiger partial charge in [0.25, 0.3) is 11.8 Å². The Balaban J connectivity index is 1.72. The van der Waals surface area contributed by atoms with Crippen LogP contribution in [0.3, 0.4) is 0 Å². The Kier molecular flexibility index (Phi) is 9.62. The number of nitriles is 1. The molecule has 0 heterocycles. The minimum Gasteiger partial charge on any atom is -0.493 e. The van der Waals surface area contributed by atoms with Crippen LogP contribution in [-0.2, 0) is 14.3 Å². The third-order valence-electron chi connectivity index (χ3n) is 4.90. The van der Waals surface area contributed by atoms with Gasteiger partial charge >= 0.3 is 5.97 Å². The molecule has 0 saturated carbocycles. The average Bonchev–Trinajstić information content (AvgIpc) is 2.91. The molecule has 0 unspecified atom stereocenters. The van der Waals surface area contributed by atoms with E-state index in [9.17, 15) is 19.6 Å². The molecule has 2 N–H and O–H groups in total. The first-order valence-corrected chi connectivity index (χ1v) is 11.9. The van der Waals surface area contributed by atoms with E-state index in [1.165, 1.54) is 44.6 Å². The zero-order valence-electron chi connectivity index (χ0n) is 19.9. The summed E-state index contributed by atoms with van der Waals surface area (Å²) in [6.07, 6.45) is 1.41. The molecule has 3 aromatic carbocycles. The van der Waals surface area contributed by atoms with E-state index in [1.54, 1.807) is 24.3 Å². The van der Waals surface area contributed by atoms with E-state index in [0.29, 0.717) is 37.6 Å². The number of methoxy groups -OCH3 is 2. The van der Waals surface area contributed by atoms with Crippen molar-refractivity contribution in [1.29, 1.82) is 5.26 Å². The Morgan fingerprint density at radius 3 is 2.27 bits per heavy atom. The van der Waals surface area contributed by atoms with Gasteiger partial charge in [0, 0.05) is 11.4 Å². The Labute approximate surface area is 227 Å². The van der Waals surface area contributed by atoms with Crippen LogP contribution in [-0.4, -0.2) is 38.6 Å². The lowest BCUT2D eigenvalue weighted by molar-refractivity contribution is -0.118. The van der Waals surface area contributed by atoms with E-state index in [4.69, 9.17) is 9.47 Å². The lowest BCUT2D eigenvalue weighted by Gasteiger charge is -2.14. The molecule has 0 bridgehead atoms. The van der Waals surface area contributed by atoms with Gasteiger partial charge in [-0.3, -0.25) is 9.59 Å². The van der Waals surface area contributed by atoms with E-state index >= 15 is 0 Å². The SMILES string of the molecule is COC(=O)c1ccc(NC(=O)/C(C#N)=C/c2cc(I)c(OCC(=O)Nc3ccccc3)c(OC)c2)cc1. The number of nitrogens with zero attached hydrogens (tertiary/aromatic N) is 1. The Morgan fingerprint density at radius 1 is 0.973 bits per heavy atom. The minimum atomic E-state index is -0.625. The van der Waals surface area contributed by atoms with Gasteiger partial charge in [-0.1, -0.05) is 18.2 Å². The van der Waals surface area contributed by atoms with Gasteiger partial charge < -0.3 is 24.8 Å². The number of para-hydroxylation sites is 1. The highest BCUT2D eigenvalue weighted by Crippen LogP contribution is 2.34. The Bertz CT molecular complexity index is 1370. The minimum absolute atomic E-state index is 0.147. The molecule has 37 heavy (non-hydrogen) atoms. The number of anilines is 2. The van der Waals surface area contributed by atoms with Gasteiger partial charge in [-0.2, -0.15) is 5.26 Å². The molecule has 0 atom stereocenters. The van der Waals surface area contributed by atoms with Crippen molar-refractivity contribution in [2.45, 2.75) is 0 Å². The molecule has 0 spiro atoms. The van der Waals surface area contributed by atoms with Crippen molar-refractivity contribution in [3.8, 4) is 17.6 Å². The molecular formula is C27H22IN3O6. The summed E-state index contributed by atoms with van der Waals surface area (Å²) in [4.78, 5) is 36.5. The van der Waals surface area contributed by atoms with Crippen LogP contribution in [0.2, 0.25) is 0 Å². The average molecular weight is 611 g/mol. The van der Waals surface area contributed by atoms with Crippen LogP contribution < -0.4 is 20.1 Å². The van der Waals surface area contributed by atoms with Gasteiger partial charge in [0.15, 0.2) is 18.1 Å². The maximum absolute atomic E-state index is 12.7. The molecule has 3 aromatic rings. The largest absolute Gasteiger partial charge is 0.493 e. The van der Waals surface area contributed by atoms with Crippen molar-refractivity contribution in [3.05, 3.63) is 87.0 Å². The summed E-state index contributed by atoms with van der Waals surface area (Å²) in [6.45, 7) is -0.239. The number of rotatable bonds is 9. The number of carbonyl (C=O) groups excluding carboxylic acids is 3. The molecule has 9 nitrogen and oxygen atoms in total. The summed E-state index contributed by atoms with van der Waals surface area (Å²) < 4.78 is 16.4. The molecule has 0 aliphatic rings. The molecule has 3 rings (SSSR count). The van der Waals surface area contributed by atoms with E-state index in [1.807, 2.05) is 46.9 Å². The number of amides is 2. The smallest absolute Gasteiger partial charge is 0.337 e. The third-order valence-corrected chi connectivity index (χ3v) is 5.70. The molecule has 188 valence electrons. The predicted octanol–water partition coefficient (Wildman–Crippen LogP) is 4.65. The second-order valence-electron chi connectivity index (χ2n) is 7.43. The maximum atomic E-state index is 12.7. The van der Waals surface area contributed by atoms with Crippen molar-refractivity contribution >= 4 is 57.8 Å². The zero-order chi connectivity index (χ0) is 26.8. The van der Waals surface area contributed by atoms with Crippen LogP contribution in [0.4, 0.5) is 11.4 Å². The monoisotopic (exact) mass is 611 g/mol. The first-order valence-electron chi connectivity index (χ1n) is 10.8. The summed E-state index contributed by atoms with van der Waals surface area (Å²) in [5.74, 6) is -0.765. The van der Waals surface area contributed by atoms with E-state index in [2.05, 4.69) is 15.4 Å². The second kappa shape index (κ2) is 13.1. The number of hydrogen-bond acceptors (Lipinski definition) is 7. The molecule has 0 fully saturated rings. The van der Waals surface area contributed by atoms with E-state index in [0.717, 1.165) is 0 Å². The fourth-order valence-electron chi connectivity index (χ4n) is 3.14. The van der Waals surface area contributed by atoms with Crippen LogP contribution in [0.15, 0.2) is 72.3 Å². The summed E-state index contributed by atoms with van der Waals surface area (Å²) in [6, 6.07) is 20.3. The van der Waals surface area contributed by atoms with Gasteiger partial charge in [0.05, 0.1) is 23.4 Å². The molecule has 0 aromatic heterocycles.